The lowest BCUT2D eigenvalue weighted by Crippen LogP contribution is -2.34. The second-order valence-corrected chi connectivity index (χ2v) is 5.57. The summed E-state index contributed by atoms with van der Waals surface area (Å²) in [6.07, 6.45) is 4.59. The Morgan fingerprint density at radius 1 is 1.30 bits per heavy atom. The summed E-state index contributed by atoms with van der Waals surface area (Å²) >= 11 is 5.07. The third kappa shape index (κ3) is 6.65. The number of hydrazone groups is 1. The van der Waals surface area contributed by atoms with Gasteiger partial charge in [0.05, 0.1) is 25.5 Å². The average Bonchev–Trinajstić information content (AvgIpc) is 2.69. The Balaban J connectivity index is 1.98. The van der Waals surface area contributed by atoms with Gasteiger partial charge < -0.3 is 19.5 Å². The van der Waals surface area contributed by atoms with Crippen molar-refractivity contribution in [3.63, 3.8) is 0 Å². The number of rotatable bonds is 8. The normalized spacial score (nSPS) is 10.4. The summed E-state index contributed by atoms with van der Waals surface area (Å²) in [6.45, 7) is 1.13. The van der Waals surface area contributed by atoms with Crippen molar-refractivity contribution < 1.29 is 19.0 Å². The number of hydrogen-bond acceptors (Lipinski definition) is 7. The van der Waals surface area contributed by atoms with E-state index in [1.807, 2.05) is 0 Å². The summed E-state index contributed by atoms with van der Waals surface area (Å²) in [7, 11) is 3.10. The van der Waals surface area contributed by atoms with E-state index >= 15 is 0 Å². The van der Waals surface area contributed by atoms with E-state index in [-0.39, 0.29) is 0 Å². The molecule has 0 radical (unpaired) electrons. The number of pyridine rings is 1. The Morgan fingerprint density at radius 2 is 2.15 bits per heavy atom. The summed E-state index contributed by atoms with van der Waals surface area (Å²) in [4.78, 5) is 16.0. The molecule has 9 heteroatoms. The van der Waals surface area contributed by atoms with Crippen LogP contribution in [0.4, 0.5) is 0 Å². The van der Waals surface area contributed by atoms with E-state index in [9.17, 15) is 4.79 Å². The molecule has 0 fully saturated rings. The highest BCUT2D eigenvalue weighted by Crippen LogP contribution is 2.28. The highest BCUT2D eigenvalue weighted by Gasteiger charge is 2.12. The van der Waals surface area contributed by atoms with E-state index in [1.165, 1.54) is 13.3 Å². The summed E-state index contributed by atoms with van der Waals surface area (Å²) in [5, 5.41) is 7.36. The predicted molar refractivity (Wildman–Crippen MR) is 105 cm³/mol. The van der Waals surface area contributed by atoms with E-state index in [4.69, 9.17) is 26.4 Å². The molecule has 0 aliphatic heterocycles. The van der Waals surface area contributed by atoms with Crippen LogP contribution in [0, 0.1) is 0 Å². The largest absolute Gasteiger partial charge is 0.493 e. The smallest absolute Gasteiger partial charge is 0.345 e. The summed E-state index contributed by atoms with van der Waals surface area (Å²) in [6, 6.07) is 8.34. The number of aromatic nitrogens is 1. The number of ether oxygens (including phenoxy) is 3. The number of nitrogens with one attached hydrogen (secondary N) is 2. The summed E-state index contributed by atoms with van der Waals surface area (Å²) < 4.78 is 15.6. The van der Waals surface area contributed by atoms with Gasteiger partial charge >= 0.3 is 5.97 Å². The molecule has 0 amide bonds. The van der Waals surface area contributed by atoms with Crippen LogP contribution < -0.4 is 20.2 Å². The monoisotopic (exact) mass is 388 g/mol. The minimum Gasteiger partial charge on any atom is -0.493 e. The zero-order chi connectivity index (χ0) is 19.5. The van der Waals surface area contributed by atoms with Gasteiger partial charge in [0.1, 0.15) is 0 Å². The Kier molecular flexibility index (Phi) is 8.14. The van der Waals surface area contributed by atoms with E-state index in [0.717, 1.165) is 5.56 Å². The summed E-state index contributed by atoms with van der Waals surface area (Å²) in [5.74, 6) is 0.183. The molecule has 1 aromatic heterocycles. The predicted octanol–water partition coefficient (Wildman–Crippen LogP) is 1.75. The SMILES string of the molecule is COCCNC(=S)N/N=C\c1ccc(OC(=O)c2cccnc2)c(OC)c1. The molecule has 0 unspecified atom stereocenters. The van der Waals surface area contributed by atoms with Gasteiger partial charge in [-0.25, -0.2) is 4.79 Å². The van der Waals surface area contributed by atoms with Gasteiger partial charge in [0, 0.05) is 26.0 Å². The van der Waals surface area contributed by atoms with Crippen LogP contribution in [-0.4, -0.2) is 49.7 Å². The molecule has 0 saturated carbocycles. The first kappa shape index (κ1) is 20.3. The van der Waals surface area contributed by atoms with Crippen LogP contribution in [0.1, 0.15) is 15.9 Å². The first-order valence-electron chi connectivity index (χ1n) is 8.00. The number of carbonyl (C=O) groups excluding carboxylic acids is 1. The van der Waals surface area contributed by atoms with Gasteiger partial charge in [-0.3, -0.25) is 10.4 Å². The zero-order valence-electron chi connectivity index (χ0n) is 15.0. The lowest BCUT2D eigenvalue weighted by molar-refractivity contribution is 0.0729. The molecular weight excluding hydrogens is 368 g/mol. The molecule has 2 rings (SSSR count). The van der Waals surface area contributed by atoms with Crippen LogP contribution >= 0.6 is 12.2 Å². The maximum Gasteiger partial charge on any atom is 0.345 e. The second-order valence-electron chi connectivity index (χ2n) is 5.16. The van der Waals surface area contributed by atoms with Crippen LogP contribution in [0.3, 0.4) is 0 Å². The standard InChI is InChI=1S/C18H20N4O4S/c1-24-9-8-20-18(27)22-21-11-13-5-6-15(16(10-13)25-2)26-17(23)14-4-3-7-19-12-14/h3-7,10-12H,8-9H2,1-2H3,(H2,20,22,27)/b21-11-. The molecule has 27 heavy (non-hydrogen) atoms. The van der Waals surface area contributed by atoms with Gasteiger partial charge in [-0.2, -0.15) is 5.10 Å². The summed E-state index contributed by atoms with van der Waals surface area (Å²) in [5.41, 5.74) is 3.78. The molecule has 0 bridgehead atoms. The Morgan fingerprint density at radius 3 is 2.85 bits per heavy atom. The number of thiocarbonyl (C=S) groups is 1. The molecular formula is C18H20N4O4S. The molecule has 142 valence electrons. The molecule has 0 saturated heterocycles. The fourth-order valence-electron chi connectivity index (χ4n) is 1.96. The van der Waals surface area contributed by atoms with Crippen LogP contribution in [0.5, 0.6) is 11.5 Å². The molecule has 0 atom stereocenters. The number of methoxy groups -OCH3 is 2. The highest BCUT2D eigenvalue weighted by atomic mass is 32.1. The number of esters is 1. The van der Waals surface area contributed by atoms with E-state index in [0.29, 0.717) is 35.3 Å². The second kappa shape index (κ2) is 10.8. The Hall–Kier alpha value is -3.04. The van der Waals surface area contributed by atoms with Crippen molar-refractivity contribution in [2.45, 2.75) is 0 Å². The van der Waals surface area contributed by atoms with Gasteiger partial charge in [-0.1, -0.05) is 0 Å². The van der Waals surface area contributed by atoms with Gasteiger partial charge in [0.2, 0.25) is 0 Å². The van der Waals surface area contributed by atoms with Crippen molar-refractivity contribution in [3.05, 3.63) is 53.9 Å². The Labute approximate surface area is 162 Å². The van der Waals surface area contributed by atoms with Crippen molar-refractivity contribution in [3.8, 4) is 11.5 Å². The van der Waals surface area contributed by atoms with Crippen molar-refractivity contribution in [1.29, 1.82) is 0 Å². The first-order valence-corrected chi connectivity index (χ1v) is 8.41. The van der Waals surface area contributed by atoms with Gasteiger partial charge in [-0.05, 0) is 48.1 Å². The highest BCUT2D eigenvalue weighted by molar-refractivity contribution is 7.80. The average molecular weight is 388 g/mol. The van der Waals surface area contributed by atoms with E-state index in [2.05, 4.69) is 20.8 Å². The molecule has 8 nitrogen and oxygen atoms in total. The van der Waals surface area contributed by atoms with Crippen LogP contribution in [0.15, 0.2) is 47.8 Å². The van der Waals surface area contributed by atoms with E-state index in [1.54, 1.807) is 49.9 Å². The number of hydrogen-bond donors (Lipinski definition) is 2. The third-order valence-corrected chi connectivity index (χ3v) is 3.49. The quantitative estimate of drug-likeness (QED) is 0.176. The molecule has 1 aromatic carbocycles. The number of carbonyl (C=O) groups is 1. The topological polar surface area (TPSA) is 94.1 Å². The molecule has 2 aromatic rings. The van der Waals surface area contributed by atoms with Crippen molar-refractivity contribution >= 4 is 29.5 Å². The van der Waals surface area contributed by atoms with Crippen LogP contribution in [-0.2, 0) is 4.74 Å². The maximum atomic E-state index is 12.1. The zero-order valence-corrected chi connectivity index (χ0v) is 15.8. The minimum absolute atomic E-state index is 0.299. The lowest BCUT2D eigenvalue weighted by Gasteiger charge is -2.10. The molecule has 2 N–H and O–H groups in total. The minimum atomic E-state index is -0.517. The fourth-order valence-corrected chi connectivity index (χ4v) is 2.12. The van der Waals surface area contributed by atoms with Crippen LogP contribution in [0.25, 0.3) is 0 Å². The molecule has 0 aliphatic rings. The van der Waals surface area contributed by atoms with Gasteiger partial charge in [0.25, 0.3) is 0 Å². The number of nitrogens with zero attached hydrogens (tertiary/aromatic N) is 2. The first-order chi connectivity index (χ1) is 13.1. The van der Waals surface area contributed by atoms with Crippen LogP contribution in [0.2, 0.25) is 0 Å². The van der Waals surface area contributed by atoms with Crippen molar-refractivity contribution in [1.82, 2.24) is 15.7 Å². The third-order valence-electron chi connectivity index (χ3n) is 3.26. The fraction of sp³-hybridized carbons (Fsp3) is 0.222. The molecule has 0 aliphatic carbocycles. The van der Waals surface area contributed by atoms with Gasteiger partial charge in [0.15, 0.2) is 16.6 Å². The van der Waals surface area contributed by atoms with Gasteiger partial charge in [-0.15, -0.1) is 0 Å². The molecule has 0 spiro atoms. The molecule has 1 heterocycles. The van der Waals surface area contributed by atoms with E-state index < -0.39 is 5.97 Å². The Bertz CT molecular complexity index is 799. The lowest BCUT2D eigenvalue weighted by atomic mass is 10.2. The van der Waals surface area contributed by atoms with Crippen molar-refractivity contribution in [2.24, 2.45) is 5.10 Å². The maximum absolute atomic E-state index is 12.1. The number of benzene rings is 1. The van der Waals surface area contributed by atoms with Crippen molar-refractivity contribution in [2.75, 3.05) is 27.4 Å².